The maximum Gasteiger partial charge on any atom is 0.419 e. The first-order valence-electron chi connectivity index (χ1n) is 6.20. The average molecular weight is 298 g/mol. The van der Waals surface area contributed by atoms with E-state index in [4.69, 9.17) is 4.74 Å². The molecule has 0 fully saturated rings. The van der Waals surface area contributed by atoms with Crippen LogP contribution < -0.4 is 4.74 Å². The Bertz CT molecular complexity index is 635. The van der Waals surface area contributed by atoms with Crippen molar-refractivity contribution in [1.82, 2.24) is 9.78 Å². The second-order valence-electron chi connectivity index (χ2n) is 4.39. The van der Waals surface area contributed by atoms with Crippen LogP contribution in [0.3, 0.4) is 0 Å². The number of benzene rings is 1. The molecule has 0 saturated heterocycles. The van der Waals surface area contributed by atoms with Gasteiger partial charge in [0.05, 0.1) is 23.9 Å². The molecular weight excluding hydrogens is 285 g/mol. The van der Waals surface area contributed by atoms with E-state index in [-0.39, 0.29) is 18.9 Å². The number of aromatic nitrogens is 2. The number of carbonyl (C=O) groups is 1. The molecule has 2 aromatic rings. The van der Waals surface area contributed by atoms with Gasteiger partial charge in [-0.25, -0.2) is 0 Å². The molecule has 4 nitrogen and oxygen atoms in total. The van der Waals surface area contributed by atoms with E-state index in [1.54, 1.807) is 24.3 Å². The summed E-state index contributed by atoms with van der Waals surface area (Å²) in [5, 5.41) is 3.62. The van der Waals surface area contributed by atoms with Gasteiger partial charge in [-0.05, 0) is 19.1 Å². The molecule has 0 aliphatic carbocycles. The van der Waals surface area contributed by atoms with E-state index >= 15 is 0 Å². The van der Waals surface area contributed by atoms with Gasteiger partial charge in [-0.3, -0.25) is 9.48 Å². The Kier molecular flexibility index (Phi) is 4.30. The number of halogens is 3. The molecule has 21 heavy (non-hydrogen) atoms. The van der Waals surface area contributed by atoms with E-state index in [0.29, 0.717) is 11.3 Å². The summed E-state index contributed by atoms with van der Waals surface area (Å²) < 4.78 is 43.8. The number of nitrogens with zero attached hydrogens (tertiary/aromatic N) is 2. The van der Waals surface area contributed by atoms with E-state index < -0.39 is 11.7 Å². The van der Waals surface area contributed by atoms with E-state index in [1.807, 2.05) is 0 Å². The molecule has 0 amide bonds. The summed E-state index contributed by atoms with van der Waals surface area (Å²) in [5.41, 5.74) is -0.361. The minimum absolute atomic E-state index is 0.114. The fourth-order valence-electron chi connectivity index (χ4n) is 1.76. The third-order valence-electron chi connectivity index (χ3n) is 2.80. The van der Waals surface area contributed by atoms with Gasteiger partial charge in [-0.1, -0.05) is 12.1 Å². The summed E-state index contributed by atoms with van der Waals surface area (Å²) >= 11 is 0. The van der Waals surface area contributed by atoms with Crippen LogP contribution in [0.15, 0.2) is 36.7 Å². The first kappa shape index (κ1) is 15.1. The van der Waals surface area contributed by atoms with E-state index in [1.165, 1.54) is 6.92 Å². The van der Waals surface area contributed by atoms with Crippen LogP contribution in [0, 0.1) is 0 Å². The highest BCUT2D eigenvalue weighted by atomic mass is 19.4. The van der Waals surface area contributed by atoms with Crippen molar-refractivity contribution >= 4 is 5.78 Å². The molecular formula is C14H13F3N2O2. The van der Waals surface area contributed by atoms with E-state index in [0.717, 1.165) is 17.1 Å². The number of ether oxygens (including phenoxy) is 1. The van der Waals surface area contributed by atoms with Crippen molar-refractivity contribution < 1.29 is 22.7 Å². The van der Waals surface area contributed by atoms with Gasteiger partial charge in [-0.2, -0.15) is 18.3 Å². The Labute approximate surface area is 119 Å². The van der Waals surface area contributed by atoms with Crippen LogP contribution in [0.5, 0.6) is 5.75 Å². The highest BCUT2D eigenvalue weighted by Crippen LogP contribution is 2.28. The summed E-state index contributed by atoms with van der Waals surface area (Å²) in [4.78, 5) is 11.4. The minimum Gasteiger partial charge on any atom is -0.491 e. The van der Waals surface area contributed by atoms with E-state index in [2.05, 4.69) is 5.10 Å². The van der Waals surface area contributed by atoms with Gasteiger partial charge < -0.3 is 4.74 Å². The van der Waals surface area contributed by atoms with Crippen LogP contribution in [-0.4, -0.2) is 22.2 Å². The normalized spacial score (nSPS) is 11.4. The van der Waals surface area contributed by atoms with Crippen molar-refractivity contribution in [2.75, 3.05) is 6.61 Å². The van der Waals surface area contributed by atoms with Crippen molar-refractivity contribution in [3.63, 3.8) is 0 Å². The summed E-state index contributed by atoms with van der Waals surface area (Å²) in [6.45, 7) is 1.69. The zero-order chi connectivity index (χ0) is 15.5. The smallest absolute Gasteiger partial charge is 0.419 e. The van der Waals surface area contributed by atoms with Gasteiger partial charge in [0.25, 0.3) is 0 Å². The number of ketones is 1. The lowest BCUT2D eigenvalue weighted by molar-refractivity contribution is -0.137. The van der Waals surface area contributed by atoms with Crippen LogP contribution in [0.25, 0.3) is 0 Å². The van der Waals surface area contributed by atoms with Crippen molar-refractivity contribution in [3.05, 3.63) is 47.8 Å². The zero-order valence-electron chi connectivity index (χ0n) is 11.2. The summed E-state index contributed by atoms with van der Waals surface area (Å²) in [6, 6.07) is 6.71. The number of rotatable bonds is 5. The SMILES string of the molecule is CC(=O)c1ccccc1OCCn1cc(C(F)(F)F)cn1. The first-order chi connectivity index (χ1) is 9.88. The molecule has 0 N–H and O–H groups in total. The quantitative estimate of drug-likeness (QED) is 0.796. The highest BCUT2D eigenvalue weighted by Gasteiger charge is 2.32. The highest BCUT2D eigenvalue weighted by molar-refractivity contribution is 5.96. The third kappa shape index (κ3) is 3.84. The van der Waals surface area contributed by atoms with Gasteiger partial charge >= 0.3 is 6.18 Å². The molecule has 1 heterocycles. The summed E-state index contributed by atoms with van der Waals surface area (Å²) in [7, 11) is 0. The Morgan fingerprint density at radius 3 is 2.67 bits per heavy atom. The molecule has 0 unspecified atom stereocenters. The van der Waals surface area contributed by atoms with Crippen molar-refractivity contribution in [1.29, 1.82) is 0 Å². The zero-order valence-corrected chi connectivity index (χ0v) is 11.2. The van der Waals surface area contributed by atoms with Gasteiger partial charge in [0, 0.05) is 6.20 Å². The molecule has 1 aromatic carbocycles. The molecule has 0 atom stereocenters. The van der Waals surface area contributed by atoms with Crippen LogP contribution in [0.4, 0.5) is 13.2 Å². The Morgan fingerprint density at radius 1 is 1.33 bits per heavy atom. The standard InChI is InChI=1S/C14H13F3N2O2/c1-10(20)12-4-2-3-5-13(12)21-7-6-19-9-11(8-18-19)14(15,16)17/h2-5,8-9H,6-7H2,1H3. The van der Waals surface area contributed by atoms with Gasteiger partial charge in [0.2, 0.25) is 0 Å². The molecule has 112 valence electrons. The van der Waals surface area contributed by atoms with Gasteiger partial charge in [-0.15, -0.1) is 0 Å². The van der Waals surface area contributed by atoms with Crippen LogP contribution in [0.1, 0.15) is 22.8 Å². The average Bonchev–Trinajstić information content (AvgIpc) is 2.88. The second kappa shape index (κ2) is 5.99. The van der Waals surface area contributed by atoms with Gasteiger partial charge in [0.15, 0.2) is 5.78 Å². The number of carbonyl (C=O) groups excluding carboxylic acids is 1. The fraction of sp³-hybridized carbons (Fsp3) is 0.286. The third-order valence-corrected chi connectivity index (χ3v) is 2.80. The van der Waals surface area contributed by atoms with Crippen LogP contribution in [0.2, 0.25) is 0 Å². The van der Waals surface area contributed by atoms with Crippen molar-refractivity contribution in [3.8, 4) is 5.75 Å². The van der Waals surface area contributed by atoms with Crippen molar-refractivity contribution in [2.24, 2.45) is 0 Å². The molecule has 0 bridgehead atoms. The van der Waals surface area contributed by atoms with E-state index in [9.17, 15) is 18.0 Å². The second-order valence-corrected chi connectivity index (χ2v) is 4.39. The molecule has 0 aliphatic heterocycles. The number of hydrogen-bond donors (Lipinski definition) is 0. The summed E-state index contributed by atoms with van der Waals surface area (Å²) in [5.74, 6) is 0.275. The monoisotopic (exact) mass is 298 g/mol. The molecule has 0 spiro atoms. The molecule has 7 heteroatoms. The summed E-state index contributed by atoms with van der Waals surface area (Å²) in [6.07, 6.45) is -2.72. The molecule has 2 rings (SSSR count). The predicted octanol–water partition coefficient (Wildman–Crippen LogP) is 3.18. The topological polar surface area (TPSA) is 44.1 Å². The van der Waals surface area contributed by atoms with Gasteiger partial charge in [0.1, 0.15) is 12.4 Å². The fourth-order valence-corrected chi connectivity index (χ4v) is 1.76. The number of Topliss-reactive ketones (excluding diaryl/α,β-unsaturated/α-hetero) is 1. The Hall–Kier alpha value is -2.31. The predicted molar refractivity (Wildman–Crippen MR) is 69.2 cm³/mol. The Balaban J connectivity index is 1.96. The lowest BCUT2D eigenvalue weighted by Gasteiger charge is -2.09. The lowest BCUT2D eigenvalue weighted by atomic mass is 10.1. The minimum atomic E-state index is -4.40. The molecule has 0 aliphatic rings. The lowest BCUT2D eigenvalue weighted by Crippen LogP contribution is -2.10. The maximum atomic E-state index is 12.4. The maximum absolute atomic E-state index is 12.4. The largest absolute Gasteiger partial charge is 0.491 e. The molecule has 0 saturated carbocycles. The van der Waals surface area contributed by atoms with Crippen LogP contribution >= 0.6 is 0 Å². The first-order valence-corrected chi connectivity index (χ1v) is 6.20. The van der Waals surface area contributed by atoms with Crippen molar-refractivity contribution in [2.45, 2.75) is 19.6 Å². The Morgan fingerprint density at radius 2 is 2.05 bits per heavy atom. The van der Waals surface area contributed by atoms with Crippen LogP contribution in [-0.2, 0) is 12.7 Å². The number of para-hydroxylation sites is 1. The molecule has 0 radical (unpaired) electrons. The number of hydrogen-bond acceptors (Lipinski definition) is 3. The number of alkyl halides is 3. The molecule has 1 aromatic heterocycles.